The van der Waals surface area contributed by atoms with Crippen molar-refractivity contribution in [2.24, 2.45) is 0 Å². The van der Waals surface area contributed by atoms with Gasteiger partial charge in [0.1, 0.15) is 6.04 Å². The van der Waals surface area contributed by atoms with Crippen molar-refractivity contribution in [2.75, 3.05) is 0 Å². The summed E-state index contributed by atoms with van der Waals surface area (Å²) in [5.41, 5.74) is 1.30. The van der Waals surface area contributed by atoms with Crippen LogP contribution in [0.15, 0.2) is 54.6 Å². The smallest absolute Gasteiger partial charge is 0.268 e. The predicted octanol–water partition coefficient (Wildman–Crippen LogP) is 2.87. The number of nitro benzene ring substituents is 1. The summed E-state index contributed by atoms with van der Waals surface area (Å²) in [6, 6.07) is 5.25. The monoisotopic (exact) mass is 410 g/mol. The lowest BCUT2D eigenvalue weighted by Gasteiger charge is -2.24. The zero-order valence-electron chi connectivity index (χ0n) is 14.4. The van der Waals surface area contributed by atoms with Crippen LogP contribution in [-0.4, -0.2) is 39.0 Å². The lowest BCUT2D eigenvalue weighted by atomic mass is 9.95. The molecule has 2 aromatic rings. The first-order valence-electron chi connectivity index (χ1n) is 8.20. The molecule has 1 N–H and O–H groups in total. The first kappa shape index (κ1) is 20.2. The summed E-state index contributed by atoms with van der Waals surface area (Å²) in [4.78, 5) is 33.5. The number of hydrogen-bond acceptors (Lipinski definition) is 6. The number of carbonyl (C=O) groups is 1. The highest BCUT2D eigenvalue weighted by Gasteiger charge is 2.62. The molecule has 9 nitrogen and oxygen atoms in total. The Morgan fingerprint density at radius 1 is 1.03 bits per heavy atom. The number of alkyl halides is 3. The molecule has 12 heteroatoms. The number of carbonyl (C=O) groups excluding carboxylic acids is 1. The average Bonchev–Trinajstić information content (AvgIpc) is 3.09. The van der Waals surface area contributed by atoms with Crippen LogP contribution in [0.2, 0.25) is 0 Å². The van der Waals surface area contributed by atoms with Gasteiger partial charge >= 0.3 is 6.18 Å². The Balaban J connectivity index is 2.09. The first-order chi connectivity index (χ1) is 13.6. The van der Waals surface area contributed by atoms with E-state index in [2.05, 4.69) is 0 Å². The Labute approximate surface area is 161 Å². The van der Waals surface area contributed by atoms with Crippen LogP contribution in [0, 0.1) is 20.2 Å². The van der Waals surface area contributed by atoms with Crippen LogP contribution >= 0.6 is 0 Å². The van der Waals surface area contributed by atoms with Crippen LogP contribution in [0.1, 0.15) is 22.0 Å². The minimum atomic E-state index is -5.01. The maximum Gasteiger partial charge on any atom is 0.412 e. The van der Waals surface area contributed by atoms with Crippen molar-refractivity contribution in [1.82, 2.24) is 10.4 Å². The van der Waals surface area contributed by atoms with Gasteiger partial charge < -0.3 is 0 Å². The molecule has 0 spiro atoms. The number of hydrazine groups is 1. The Hall–Kier alpha value is -3.54. The van der Waals surface area contributed by atoms with Crippen molar-refractivity contribution in [3.05, 3.63) is 86.0 Å². The van der Waals surface area contributed by atoms with E-state index >= 15 is 0 Å². The zero-order valence-corrected chi connectivity index (χ0v) is 14.4. The maximum absolute atomic E-state index is 13.5. The van der Waals surface area contributed by atoms with Crippen molar-refractivity contribution >= 4 is 11.6 Å². The zero-order chi connectivity index (χ0) is 21.3. The van der Waals surface area contributed by atoms with E-state index < -0.39 is 45.7 Å². The lowest BCUT2D eigenvalue weighted by Crippen LogP contribution is -2.49. The number of nitro groups is 2. The van der Waals surface area contributed by atoms with Gasteiger partial charge in [-0.15, -0.1) is 0 Å². The Morgan fingerprint density at radius 2 is 1.69 bits per heavy atom. The van der Waals surface area contributed by atoms with E-state index in [-0.39, 0.29) is 11.1 Å². The van der Waals surface area contributed by atoms with Crippen LogP contribution in [0.25, 0.3) is 0 Å². The summed E-state index contributed by atoms with van der Waals surface area (Å²) < 4.78 is 40.4. The molecule has 0 radical (unpaired) electrons. The topological polar surface area (TPSA) is 119 Å². The third-order valence-corrected chi connectivity index (χ3v) is 4.48. The molecule has 1 fully saturated rings. The summed E-state index contributed by atoms with van der Waals surface area (Å²) in [6.07, 6.45) is -5.01. The number of nitrogens with one attached hydrogen (secondary N) is 1. The van der Waals surface area contributed by atoms with Crippen LogP contribution in [0.5, 0.6) is 0 Å². The molecule has 3 atom stereocenters. The third-order valence-electron chi connectivity index (χ3n) is 4.48. The van der Waals surface area contributed by atoms with Gasteiger partial charge in [0.15, 0.2) is 6.04 Å². The van der Waals surface area contributed by atoms with Crippen molar-refractivity contribution in [2.45, 2.75) is 24.3 Å². The molecule has 1 aliphatic rings. The highest BCUT2D eigenvalue weighted by Crippen LogP contribution is 2.39. The van der Waals surface area contributed by atoms with E-state index in [0.717, 1.165) is 12.1 Å². The Morgan fingerprint density at radius 3 is 2.24 bits per heavy atom. The van der Waals surface area contributed by atoms with E-state index in [1.807, 2.05) is 5.43 Å². The molecule has 3 rings (SSSR count). The number of halogens is 3. The van der Waals surface area contributed by atoms with Gasteiger partial charge in [-0.1, -0.05) is 36.4 Å². The fraction of sp³-hybridized carbons (Fsp3) is 0.235. The van der Waals surface area contributed by atoms with Crippen molar-refractivity contribution in [3.63, 3.8) is 0 Å². The molecule has 0 bridgehead atoms. The van der Waals surface area contributed by atoms with Gasteiger partial charge in [-0.3, -0.25) is 30.0 Å². The average molecular weight is 410 g/mol. The summed E-state index contributed by atoms with van der Waals surface area (Å²) in [5.74, 6) is -1.05. The van der Waals surface area contributed by atoms with E-state index in [4.69, 9.17) is 0 Å². The first-order valence-corrected chi connectivity index (χ1v) is 8.20. The van der Waals surface area contributed by atoms with Gasteiger partial charge in [0.2, 0.25) is 0 Å². The predicted molar refractivity (Wildman–Crippen MR) is 92.2 cm³/mol. The van der Waals surface area contributed by atoms with E-state index in [9.17, 15) is 38.2 Å². The summed E-state index contributed by atoms with van der Waals surface area (Å²) in [6.45, 7) is 0. The van der Waals surface area contributed by atoms with Gasteiger partial charge in [-0.05, 0) is 11.6 Å². The highest BCUT2D eigenvalue weighted by atomic mass is 19.4. The summed E-state index contributed by atoms with van der Waals surface area (Å²) in [7, 11) is 0. The normalized spacial score (nSPS) is 21.8. The molecule has 1 saturated heterocycles. The lowest BCUT2D eigenvalue weighted by molar-refractivity contribution is -0.534. The molecule has 1 aliphatic heterocycles. The fourth-order valence-corrected chi connectivity index (χ4v) is 3.22. The molecule has 1 amide bonds. The second-order valence-corrected chi connectivity index (χ2v) is 6.26. The molecule has 152 valence electrons. The summed E-state index contributed by atoms with van der Waals surface area (Å²) >= 11 is 0. The second-order valence-electron chi connectivity index (χ2n) is 6.26. The second kappa shape index (κ2) is 7.47. The number of rotatable bonds is 4. The fourth-order valence-electron chi connectivity index (χ4n) is 3.22. The molecule has 0 unspecified atom stereocenters. The maximum atomic E-state index is 13.5. The SMILES string of the molecule is O=C(c1cccc([N+](=O)[O-])c1)N1N[C@@H](C(F)(F)F)[C@H]([N+](=O)[O-])[C@@H]1c1ccccc1. The van der Waals surface area contributed by atoms with E-state index in [1.54, 1.807) is 6.07 Å². The molecule has 0 saturated carbocycles. The number of amides is 1. The number of hydrogen-bond donors (Lipinski definition) is 1. The highest BCUT2D eigenvalue weighted by molar-refractivity contribution is 5.95. The van der Waals surface area contributed by atoms with Crippen molar-refractivity contribution in [1.29, 1.82) is 0 Å². The van der Waals surface area contributed by atoms with Crippen LogP contribution in [-0.2, 0) is 0 Å². The van der Waals surface area contributed by atoms with Gasteiger partial charge in [0.25, 0.3) is 17.6 Å². The molecule has 0 aliphatic carbocycles. The van der Waals surface area contributed by atoms with Crippen LogP contribution in [0.3, 0.4) is 0 Å². The number of benzene rings is 2. The van der Waals surface area contributed by atoms with Crippen LogP contribution < -0.4 is 5.43 Å². The van der Waals surface area contributed by atoms with Crippen molar-refractivity contribution in [3.8, 4) is 0 Å². The van der Waals surface area contributed by atoms with Gasteiger partial charge in [0, 0.05) is 22.6 Å². The number of non-ortho nitro benzene ring substituents is 1. The molecule has 1 heterocycles. The van der Waals surface area contributed by atoms with E-state index in [0.29, 0.717) is 5.01 Å². The Kier molecular flexibility index (Phi) is 5.20. The van der Waals surface area contributed by atoms with Crippen LogP contribution in [0.4, 0.5) is 18.9 Å². The largest absolute Gasteiger partial charge is 0.412 e. The van der Waals surface area contributed by atoms with Gasteiger partial charge in [-0.2, -0.15) is 13.2 Å². The van der Waals surface area contributed by atoms with Crippen molar-refractivity contribution < 1.29 is 27.8 Å². The molecular weight excluding hydrogens is 397 g/mol. The summed E-state index contributed by atoms with van der Waals surface area (Å²) in [5, 5.41) is 23.0. The minimum Gasteiger partial charge on any atom is -0.268 e. The van der Waals surface area contributed by atoms with Gasteiger partial charge in [-0.25, -0.2) is 5.43 Å². The molecular formula is C17H13F3N4O5. The van der Waals surface area contributed by atoms with Gasteiger partial charge in [0.05, 0.1) is 4.92 Å². The molecule has 29 heavy (non-hydrogen) atoms. The van der Waals surface area contributed by atoms with E-state index in [1.165, 1.54) is 36.4 Å². The minimum absolute atomic E-state index is 0.118. The standard InChI is InChI=1S/C17H13F3N4O5/c18-17(19,20)15-14(24(28)29)13(10-5-2-1-3-6-10)22(21-15)16(25)11-7-4-8-12(9-11)23(26)27/h1-9,13-15,21H/t13-,14+,15+/m0/s1. The Bertz CT molecular complexity index is 954. The quantitative estimate of drug-likeness (QED) is 0.612. The third kappa shape index (κ3) is 3.87. The molecule has 2 aromatic carbocycles. The number of nitrogens with zero attached hydrogens (tertiary/aromatic N) is 3. The molecule has 0 aromatic heterocycles.